The van der Waals surface area contributed by atoms with Gasteiger partial charge in [-0.15, -0.1) is 10.2 Å². The molecule has 3 rings (SSSR count). The van der Waals surface area contributed by atoms with Gasteiger partial charge in [-0.3, -0.25) is 9.36 Å². The minimum atomic E-state index is -0.224. The summed E-state index contributed by atoms with van der Waals surface area (Å²) < 4.78 is 2.01. The molecule has 0 aliphatic rings. The van der Waals surface area contributed by atoms with E-state index in [4.69, 9.17) is 11.6 Å². The molecular formula is C22H25ClN4OS. The van der Waals surface area contributed by atoms with E-state index in [9.17, 15) is 4.79 Å². The molecule has 0 radical (unpaired) electrons. The first-order valence-electron chi connectivity index (χ1n) is 9.55. The molecular weight excluding hydrogens is 404 g/mol. The average Bonchev–Trinajstić information content (AvgIpc) is 3.09. The molecule has 0 saturated carbocycles. The van der Waals surface area contributed by atoms with E-state index in [-0.39, 0.29) is 17.2 Å². The average molecular weight is 429 g/mol. The van der Waals surface area contributed by atoms with Crippen LogP contribution in [0.5, 0.6) is 0 Å². The second-order valence-corrected chi connectivity index (χ2v) is 8.78. The van der Waals surface area contributed by atoms with E-state index >= 15 is 0 Å². The van der Waals surface area contributed by atoms with Gasteiger partial charge >= 0.3 is 0 Å². The van der Waals surface area contributed by atoms with Crippen LogP contribution in [0.25, 0.3) is 11.4 Å². The molecule has 1 amide bonds. The van der Waals surface area contributed by atoms with Gasteiger partial charge in [0.1, 0.15) is 0 Å². The lowest BCUT2D eigenvalue weighted by Crippen LogP contribution is -2.43. The van der Waals surface area contributed by atoms with E-state index < -0.39 is 0 Å². The summed E-state index contributed by atoms with van der Waals surface area (Å²) in [7, 11) is 0. The highest BCUT2D eigenvalue weighted by atomic mass is 35.5. The molecule has 0 aliphatic carbocycles. The molecule has 1 heterocycles. The van der Waals surface area contributed by atoms with Gasteiger partial charge in [0.05, 0.1) is 17.3 Å². The molecule has 1 aromatic heterocycles. The Kier molecular flexibility index (Phi) is 6.98. The van der Waals surface area contributed by atoms with Crippen molar-refractivity contribution in [3.05, 3.63) is 65.2 Å². The lowest BCUT2D eigenvalue weighted by Gasteiger charge is -2.24. The van der Waals surface area contributed by atoms with Crippen molar-refractivity contribution in [2.45, 2.75) is 44.4 Å². The molecule has 0 fully saturated rings. The summed E-state index contributed by atoms with van der Waals surface area (Å²) in [5, 5.41) is 13.1. The maximum atomic E-state index is 12.4. The van der Waals surface area contributed by atoms with Crippen molar-refractivity contribution in [2.24, 2.45) is 0 Å². The first-order valence-corrected chi connectivity index (χ1v) is 10.9. The van der Waals surface area contributed by atoms with Gasteiger partial charge in [-0.1, -0.05) is 72.8 Å². The standard InChI is InChI=1S/C22H25ClN4OS/c1-4-22(2,3)24-19(28)15-29-21-26-25-20(17-12-8-9-13-18(17)23)27(21)14-16-10-6-5-7-11-16/h5-13H,4,14-15H2,1-3H3,(H,24,28). The summed E-state index contributed by atoms with van der Waals surface area (Å²) in [6, 6.07) is 17.7. The number of carbonyl (C=O) groups excluding carboxylic acids is 1. The van der Waals surface area contributed by atoms with Gasteiger partial charge < -0.3 is 5.32 Å². The van der Waals surface area contributed by atoms with Crippen LogP contribution in [-0.2, 0) is 11.3 Å². The van der Waals surface area contributed by atoms with E-state index in [1.807, 2.05) is 60.9 Å². The Bertz CT molecular complexity index is 972. The van der Waals surface area contributed by atoms with Crippen molar-refractivity contribution in [1.82, 2.24) is 20.1 Å². The quantitative estimate of drug-likeness (QED) is 0.510. The maximum Gasteiger partial charge on any atom is 0.230 e. The molecule has 1 N–H and O–H groups in total. The van der Waals surface area contributed by atoms with Crippen LogP contribution in [0.3, 0.4) is 0 Å². The fourth-order valence-corrected chi connectivity index (χ4v) is 3.74. The Hall–Kier alpha value is -2.31. The van der Waals surface area contributed by atoms with Crippen molar-refractivity contribution in [3.63, 3.8) is 0 Å². The molecule has 29 heavy (non-hydrogen) atoms. The highest BCUT2D eigenvalue weighted by Gasteiger charge is 2.20. The number of hydrogen-bond acceptors (Lipinski definition) is 4. The first kappa shape index (κ1) is 21.4. The van der Waals surface area contributed by atoms with Crippen molar-refractivity contribution in [1.29, 1.82) is 0 Å². The fourth-order valence-electron chi connectivity index (χ4n) is 2.78. The summed E-state index contributed by atoms with van der Waals surface area (Å²) in [6.07, 6.45) is 0.865. The number of nitrogens with zero attached hydrogens (tertiary/aromatic N) is 3. The summed E-state index contributed by atoms with van der Waals surface area (Å²) in [5.41, 5.74) is 1.72. The second kappa shape index (κ2) is 9.46. The lowest BCUT2D eigenvalue weighted by atomic mass is 10.0. The number of rotatable bonds is 8. The van der Waals surface area contributed by atoms with Crippen LogP contribution in [-0.4, -0.2) is 32.0 Å². The predicted molar refractivity (Wildman–Crippen MR) is 119 cm³/mol. The van der Waals surface area contributed by atoms with Gasteiger partial charge in [-0.25, -0.2) is 0 Å². The van der Waals surface area contributed by atoms with E-state index in [1.165, 1.54) is 11.8 Å². The zero-order valence-corrected chi connectivity index (χ0v) is 18.4. The largest absolute Gasteiger partial charge is 0.351 e. The van der Waals surface area contributed by atoms with Gasteiger partial charge in [-0.2, -0.15) is 0 Å². The Morgan fingerprint density at radius 3 is 2.48 bits per heavy atom. The molecule has 7 heteroatoms. The number of nitrogens with one attached hydrogen (secondary N) is 1. The number of hydrogen-bond donors (Lipinski definition) is 1. The monoisotopic (exact) mass is 428 g/mol. The number of benzene rings is 2. The smallest absolute Gasteiger partial charge is 0.230 e. The van der Waals surface area contributed by atoms with Crippen LogP contribution < -0.4 is 5.32 Å². The van der Waals surface area contributed by atoms with E-state index in [0.29, 0.717) is 22.5 Å². The van der Waals surface area contributed by atoms with Crippen LogP contribution in [0.1, 0.15) is 32.8 Å². The Morgan fingerprint density at radius 1 is 1.10 bits per heavy atom. The van der Waals surface area contributed by atoms with Crippen LogP contribution >= 0.6 is 23.4 Å². The lowest BCUT2D eigenvalue weighted by molar-refractivity contribution is -0.120. The number of thioether (sulfide) groups is 1. The van der Waals surface area contributed by atoms with E-state index in [2.05, 4.69) is 34.6 Å². The summed E-state index contributed by atoms with van der Waals surface area (Å²) >= 11 is 7.79. The Balaban J connectivity index is 1.87. The molecule has 5 nitrogen and oxygen atoms in total. The predicted octanol–water partition coefficient (Wildman–Crippen LogP) is 5.04. The van der Waals surface area contributed by atoms with Gasteiger partial charge in [0.15, 0.2) is 11.0 Å². The zero-order chi connectivity index (χ0) is 20.9. The molecule has 0 aliphatic heterocycles. The number of aromatic nitrogens is 3. The topological polar surface area (TPSA) is 59.8 Å². The van der Waals surface area contributed by atoms with E-state index in [1.54, 1.807) is 0 Å². The van der Waals surface area contributed by atoms with Crippen molar-refractivity contribution < 1.29 is 4.79 Å². The van der Waals surface area contributed by atoms with Gasteiger partial charge in [0.2, 0.25) is 5.91 Å². The van der Waals surface area contributed by atoms with Crippen LogP contribution in [0.2, 0.25) is 5.02 Å². The molecule has 0 saturated heterocycles. The molecule has 0 spiro atoms. The second-order valence-electron chi connectivity index (χ2n) is 7.43. The number of carbonyl (C=O) groups is 1. The first-order chi connectivity index (χ1) is 13.9. The van der Waals surface area contributed by atoms with Crippen LogP contribution in [0, 0.1) is 0 Å². The third kappa shape index (κ3) is 5.61. The summed E-state index contributed by atoms with van der Waals surface area (Å²) in [6.45, 7) is 6.69. The highest BCUT2D eigenvalue weighted by Crippen LogP contribution is 2.30. The third-order valence-corrected chi connectivity index (χ3v) is 6.01. The van der Waals surface area contributed by atoms with Gasteiger partial charge in [0.25, 0.3) is 0 Å². The van der Waals surface area contributed by atoms with Crippen LogP contribution in [0.15, 0.2) is 59.8 Å². The van der Waals surface area contributed by atoms with Crippen molar-refractivity contribution in [2.75, 3.05) is 5.75 Å². The van der Waals surface area contributed by atoms with Crippen LogP contribution in [0.4, 0.5) is 0 Å². The third-order valence-electron chi connectivity index (χ3n) is 4.71. The Morgan fingerprint density at radius 2 is 1.79 bits per heavy atom. The van der Waals surface area contributed by atoms with E-state index in [0.717, 1.165) is 17.5 Å². The van der Waals surface area contributed by atoms with Crippen molar-refractivity contribution >= 4 is 29.3 Å². The highest BCUT2D eigenvalue weighted by molar-refractivity contribution is 7.99. The fraction of sp³-hybridized carbons (Fsp3) is 0.318. The summed E-state index contributed by atoms with van der Waals surface area (Å²) in [5.74, 6) is 0.949. The maximum absolute atomic E-state index is 12.4. The summed E-state index contributed by atoms with van der Waals surface area (Å²) in [4.78, 5) is 12.4. The zero-order valence-electron chi connectivity index (χ0n) is 16.9. The number of halogens is 1. The Labute approximate surface area is 180 Å². The SMILES string of the molecule is CCC(C)(C)NC(=O)CSc1nnc(-c2ccccc2Cl)n1Cc1ccccc1. The minimum absolute atomic E-state index is 0.0181. The van der Waals surface area contributed by atoms with Crippen molar-refractivity contribution in [3.8, 4) is 11.4 Å². The molecule has 0 atom stereocenters. The molecule has 2 aromatic carbocycles. The molecule has 152 valence electrons. The number of amides is 1. The molecule has 0 bridgehead atoms. The normalized spacial score (nSPS) is 11.4. The molecule has 0 unspecified atom stereocenters. The minimum Gasteiger partial charge on any atom is -0.351 e. The van der Waals surface area contributed by atoms with Gasteiger partial charge in [-0.05, 0) is 38.0 Å². The molecule has 3 aromatic rings. The van der Waals surface area contributed by atoms with Gasteiger partial charge in [0, 0.05) is 11.1 Å².